The normalized spacial score (nSPS) is 17.0. The van der Waals surface area contributed by atoms with Gasteiger partial charge in [0.1, 0.15) is 5.75 Å². The lowest BCUT2D eigenvalue weighted by atomic mass is 9.98. The van der Waals surface area contributed by atoms with E-state index in [4.69, 9.17) is 16.3 Å². The lowest BCUT2D eigenvalue weighted by Gasteiger charge is -2.15. The summed E-state index contributed by atoms with van der Waals surface area (Å²) in [5, 5.41) is 6.54. The lowest BCUT2D eigenvalue weighted by molar-refractivity contribution is -0.123. The molecule has 3 rings (SSSR count). The van der Waals surface area contributed by atoms with Crippen LogP contribution >= 0.6 is 11.6 Å². The standard InChI is InChI=1S/C20H25ClN2O3/c21-18-4-2-1-3-17(18)20(25)22-12-11-14-5-9-16(10-6-14)26-13-19(24)23-15-7-8-15/h5-6,9-10,15H,1-4,7-8,11-13H2,(H,22,25)(H,23,24). The molecule has 0 bridgehead atoms. The third-order valence-electron chi connectivity index (χ3n) is 4.61. The molecule has 1 aromatic carbocycles. The number of hydrogen-bond acceptors (Lipinski definition) is 3. The van der Waals surface area contributed by atoms with E-state index in [2.05, 4.69) is 10.6 Å². The van der Waals surface area contributed by atoms with E-state index in [0.29, 0.717) is 23.4 Å². The van der Waals surface area contributed by atoms with Gasteiger partial charge in [-0.05, 0) is 62.6 Å². The fraction of sp³-hybridized carbons (Fsp3) is 0.500. The van der Waals surface area contributed by atoms with Crippen molar-refractivity contribution in [2.75, 3.05) is 13.2 Å². The highest BCUT2D eigenvalue weighted by molar-refractivity contribution is 6.32. The largest absolute Gasteiger partial charge is 0.484 e. The Hall–Kier alpha value is -2.01. The maximum Gasteiger partial charge on any atom is 0.258 e. The molecule has 0 spiro atoms. The first kappa shape index (κ1) is 18.8. The van der Waals surface area contributed by atoms with Gasteiger partial charge >= 0.3 is 0 Å². The molecule has 0 aliphatic heterocycles. The molecule has 1 aromatic rings. The Bertz CT molecular complexity index is 681. The molecule has 1 fully saturated rings. The van der Waals surface area contributed by atoms with Gasteiger partial charge in [-0.1, -0.05) is 23.7 Å². The molecule has 2 aliphatic rings. The summed E-state index contributed by atoms with van der Waals surface area (Å²) < 4.78 is 5.48. The van der Waals surface area contributed by atoms with Crippen LogP contribution in [0.15, 0.2) is 34.9 Å². The molecule has 0 atom stereocenters. The number of hydrogen-bond donors (Lipinski definition) is 2. The summed E-state index contributed by atoms with van der Waals surface area (Å²) in [6.45, 7) is 0.609. The van der Waals surface area contributed by atoms with Crippen LogP contribution < -0.4 is 15.4 Å². The molecule has 0 aromatic heterocycles. The van der Waals surface area contributed by atoms with Crippen LogP contribution in [0.25, 0.3) is 0 Å². The third kappa shape index (κ3) is 5.77. The van der Waals surface area contributed by atoms with E-state index < -0.39 is 0 Å². The molecule has 2 N–H and O–H groups in total. The maximum absolute atomic E-state index is 12.2. The average molecular weight is 377 g/mol. The van der Waals surface area contributed by atoms with E-state index in [1.54, 1.807) is 0 Å². The van der Waals surface area contributed by atoms with Crippen LogP contribution in [-0.4, -0.2) is 31.0 Å². The number of carbonyl (C=O) groups excluding carboxylic acids is 2. The van der Waals surface area contributed by atoms with Crippen molar-refractivity contribution in [2.45, 2.75) is 51.0 Å². The van der Waals surface area contributed by atoms with Crippen molar-refractivity contribution in [3.8, 4) is 5.75 Å². The molecule has 0 radical (unpaired) electrons. The molecule has 1 saturated carbocycles. The number of carbonyl (C=O) groups is 2. The Morgan fingerprint density at radius 2 is 1.85 bits per heavy atom. The minimum Gasteiger partial charge on any atom is -0.484 e. The van der Waals surface area contributed by atoms with E-state index in [1.807, 2.05) is 24.3 Å². The van der Waals surface area contributed by atoms with Gasteiger partial charge in [0.2, 0.25) is 5.91 Å². The van der Waals surface area contributed by atoms with Crippen molar-refractivity contribution in [1.82, 2.24) is 10.6 Å². The second-order valence-electron chi connectivity index (χ2n) is 6.87. The molecule has 2 amide bonds. The Balaban J connectivity index is 1.38. The molecule has 6 heteroatoms. The van der Waals surface area contributed by atoms with Gasteiger partial charge in [0.05, 0.1) is 0 Å². The van der Waals surface area contributed by atoms with Crippen molar-refractivity contribution in [3.63, 3.8) is 0 Å². The number of amides is 2. The van der Waals surface area contributed by atoms with E-state index in [-0.39, 0.29) is 18.4 Å². The topological polar surface area (TPSA) is 67.4 Å². The van der Waals surface area contributed by atoms with Gasteiger partial charge in [-0.15, -0.1) is 0 Å². The van der Waals surface area contributed by atoms with Gasteiger partial charge in [-0.3, -0.25) is 9.59 Å². The van der Waals surface area contributed by atoms with Crippen LogP contribution in [0.5, 0.6) is 5.75 Å². The number of benzene rings is 1. The van der Waals surface area contributed by atoms with Crippen molar-refractivity contribution in [2.24, 2.45) is 0 Å². The molecule has 0 heterocycles. The zero-order valence-electron chi connectivity index (χ0n) is 14.9. The van der Waals surface area contributed by atoms with Crippen molar-refractivity contribution < 1.29 is 14.3 Å². The quantitative estimate of drug-likeness (QED) is 0.732. The minimum absolute atomic E-state index is 0.0434. The van der Waals surface area contributed by atoms with Gasteiger partial charge in [0.25, 0.3) is 5.91 Å². The van der Waals surface area contributed by atoms with Crippen LogP contribution in [0.3, 0.4) is 0 Å². The first-order valence-corrected chi connectivity index (χ1v) is 9.66. The summed E-state index contributed by atoms with van der Waals surface area (Å²) in [6, 6.07) is 7.95. The molecule has 0 unspecified atom stereocenters. The fourth-order valence-electron chi connectivity index (χ4n) is 2.93. The molecule has 5 nitrogen and oxygen atoms in total. The van der Waals surface area contributed by atoms with E-state index in [0.717, 1.165) is 56.1 Å². The Kier molecular flexibility index (Phi) is 6.56. The Morgan fingerprint density at radius 3 is 2.54 bits per heavy atom. The van der Waals surface area contributed by atoms with E-state index in [1.165, 1.54) is 0 Å². The number of allylic oxidation sites excluding steroid dienone is 1. The fourth-order valence-corrected chi connectivity index (χ4v) is 3.24. The number of ether oxygens (including phenoxy) is 1. The molecule has 0 saturated heterocycles. The zero-order chi connectivity index (χ0) is 18.4. The highest BCUT2D eigenvalue weighted by atomic mass is 35.5. The van der Waals surface area contributed by atoms with Gasteiger partial charge in [0, 0.05) is 23.2 Å². The predicted molar refractivity (Wildman–Crippen MR) is 101 cm³/mol. The van der Waals surface area contributed by atoms with Crippen LogP contribution in [0.4, 0.5) is 0 Å². The Morgan fingerprint density at radius 1 is 1.12 bits per heavy atom. The smallest absolute Gasteiger partial charge is 0.258 e. The summed E-state index contributed by atoms with van der Waals surface area (Å²) in [7, 11) is 0. The highest BCUT2D eigenvalue weighted by Gasteiger charge is 2.23. The van der Waals surface area contributed by atoms with Crippen LogP contribution in [-0.2, 0) is 16.0 Å². The zero-order valence-corrected chi connectivity index (χ0v) is 15.6. The molecular weight excluding hydrogens is 352 g/mol. The van der Waals surface area contributed by atoms with E-state index >= 15 is 0 Å². The second kappa shape index (κ2) is 9.08. The van der Waals surface area contributed by atoms with Gasteiger partial charge in [-0.25, -0.2) is 0 Å². The summed E-state index contributed by atoms with van der Waals surface area (Å²) in [6.07, 6.45) is 6.54. The maximum atomic E-state index is 12.2. The lowest BCUT2D eigenvalue weighted by Crippen LogP contribution is -2.30. The highest BCUT2D eigenvalue weighted by Crippen LogP contribution is 2.27. The van der Waals surface area contributed by atoms with Crippen LogP contribution in [0, 0.1) is 0 Å². The Labute approximate surface area is 159 Å². The van der Waals surface area contributed by atoms with Crippen molar-refractivity contribution in [1.29, 1.82) is 0 Å². The van der Waals surface area contributed by atoms with Crippen LogP contribution in [0.2, 0.25) is 0 Å². The second-order valence-corrected chi connectivity index (χ2v) is 7.33. The monoisotopic (exact) mass is 376 g/mol. The summed E-state index contributed by atoms with van der Waals surface area (Å²) in [4.78, 5) is 23.8. The van der Waals surface area contributed by atoms with Gasteiger partial charge in [0.15, 0.2) is 6.61 Å². The minimum atomic E-state index is -0.0741. The number of rotatable bonds is 8. The first-order chi connectivity index (χ1) is 12.6. The first-order valence-electron chi connectivity index (χ1n) is 9.28. The molecular formula is C20H25ClN2O3. The molecule has 140 valence electrons. The number of halogens is 1. The van der Waals surface area contributed by atoms with Gasteiger partial charge in [-0.2, -0.15) is 0 Å². The van der Waals surface area contributed by atoms with Crippen molar-refractivity contribution >= 4 is 23.4 Å². The van der Waals surface area contributed by atoms with Crippen molar-refractivity contribution in [3.05, 3.63) is 40.4 Å². The molecule has 26 heavy (non-hydrogen) atoms. The van der Waals surface area contributed by atoms with E-state index in [9.17, 15) is 9.59 Å². The summed E-state index contributed by atoms with van der Waals surface area (Å²) >= 11 is 6.15. The SMILES string of the molecule is O=C(COc1ccc(CCNC(=O)C2=C(Cl)CCCC2)cc1)NC1CC1. The summed E-state index contributed by atoms with van der Waals surface area (Å²) in [5.41, 5.74) is 1.84. The van der Waals surface area contributed by atoms with Gasteiger partial charge < -0.3 is 15.4 Å². The third-order valence-corrected chi connectivity index (χ3v) is 5.03. The summed E-state index contributed by atoms with van der Waals surface area (Å²) in [5.74, 6) is 0.550. The predicted octanol–water partition coefficient (Wildman–Crippen LogP) is 3.07. The average Bonchev–Trinajstić information content (AvgIpc) is 3.45. The van der Waals surface area contributed by atoms with Crippen LogP contribution in [0.1, 0.15) is 44.1 Å². The molecule has 2 aliphatic carbocycles. The number of nitrogens with one attached hydrogen (secondary N) is 2.